The van der Waals surface area contributed by atoms with E-state index in [4.69, 9.17) is 9.47 Å². The molecule has 3 aliphatic rings. The maximum atomic E-state index is 13.9. The molecule has 6 rings (SSSR count). The van der Waals surface area contributed by atoms with Crippen molar-refractivity contribution in [3.05, 3.63) is 101 Å². The summed E-state index contributed by atoms with van der Waals surface area (Å²) >= 11 is 0. The van der Waals surface area contributed by atoms with Crippen LogP contribution in [0.25, 0.3) is 0 Å². The van der Waals surface area contributed by atoms with Crippen molar-refractivity contribution in [1.29, 1.82) is 0 Å². The van der Waals surface area contributed by atoms with E-state index in [1.165, 1.54) is 24.3 Å². The van der Waals surface area contributed by atoms with Crippen molar-refractivity contribution in [2.24, 2.45) is 11.8 Å². The molecule has 0 bridgehead atoms. The summed E-state index contributed by atoms with van der Waals surface area (Å²) in [5, 5.41) is 0. The van der Waals surface area contributed by atoms with Gasteiger partial charge in [-0.1, -0.05) is 54.1 Å². The first-order chi connectivity index (χ1) is 18.3. The normalized spacial score (nSPS) is 23.2. The fraction of sp³-hybridized carbons (Fsp3) is 0.233. The van der Waals surface area contributed by atoms with Gasteiger partial charge in [0.05, 0.1) is 35.8 Å². The summed E-state index contributed by atoms with van der Waals surface area (Å²) in [6, 6.07) is 19.5. The average molecular weight is 510 g/mol. The fourth-order valence-corrected chi connectivity index (χ4v) is 5.79. The molecule has 8 nitrogen and oxygen atoms in total. The molecule has 0 unspecified atom stereocenters. The summed E-state index contributed by atoms with van der Waals surface area (Å²) in [6.07, 6.45) is -1.06. The van der Waals surface area contributed by atoms with Gasteiger partial charge in [0.25, 0.3) is 0 Å². The van der Waals surface area contributed by atoms with E-state index in [-0.39, 0.29) is 17.7 Å². The fourth-order valence-electron chi connectivity index (χ4n) is 5.79. The number of benzene rings is 3. The number of esters is 1. The van der Waals surface area contributed by atoms with E-state index in [9.17, 15) is 24.0 Å². The largest absolute Gasteiger partial charge is 0.462 e. The van der Waals surface area contributed by atoms with E-state index in [1.54, 1.807) is 55.5 Å². The number of nitrogens with zero attached hydrogens (tertiary/aromatic N) is 1. The third-order valence-electron chi connectivity index (χ3n) is 7.56. The molecule has 0 aromatic heterocycles. The van der Waals surface area contributed by atoms with Gasteiger partial charge in [-0.15, -0.1) is 0 Å². The Morgan fingerprint density at radius 2 is 1.47 bits per heavy atom. The van der Waals surface area contributed by atoms with Crippen LogP contribution in [0.2, 0.25) is 0 Å². The zero-order chi connectivity index (χ0) is 26.8. The number of hydrogen-bond donors (Lipinski definition) is 0. The van der Waals surface area contributed by atoms with Crippen molar-refractivity contribution in [2.75, 3.05) is 11.5 Å². The minimum absolute atomic E-state index is 0.170. The second-order valence-corrected chi connectivity index (χ2v) is 9.67. The second kappa shape index (κ2) is 8.56. The predicted octanol–water partition coefficient (Wildman–Crippen LogP) is 3.87. The lowest BCUT2D eigenvalue weighted by Gasteiger charge is -2.27. The number of rotatable bonds is 4. The van der Waals surface area contributed by atoms with Gasteiger partial charge >= 0.3 is 5.97 Å². The third-order valence-corrected chi connectivity index (χ3v) is 7.56. The van der Waals surface area contributed by atoms with Crippen LogP contribution in [0.1, 0.15) is 55.2 Å². The summed E-state index contributed by atoms with van der Waals surface area (Å²) < 4.78 is 11.3. The topological polar surface area (TPSA) is 107 Å². The van der Waals surface area contributed by atoms with Gasteiger partial charge in [0.1, 0.15) is 0 Å². The van der Waals surface area contributed by atoms with Gasteiger partial charge in [0.15, 0.2) is 0 Å². The van der Waals surface area contributed by atoms with Crippen LogP contribution in [0, 0.1) is 18.8 Å². The maximum absolute atomic E-state index is 13.9. The standard InChI is InChI=1S/C30H23NO7/c1-3-37-29(36)18-12-10-17(11-13-18)24-22-23(28(35)31(27(22)34)19-14-8-16(2)9-15-19)30(38-24)25(32)20-6-4-5-7-21(20)26(30)33/h4-15,22-24H,3H2,1-2H3/t22-,23+,24+/m0/s1. The number of amides is 2. The quantitative estimate of drug-likeness (QED) is 0.299. The number of fused-ring (bicyclic) bond motifs is 3. The Hall–Kier alpha value is -4.43. The monoisotopic (exact) mass is 509 g/mol. The predicted molar refractivity (Wildman–Crippen MR) is 135 cm³/mol. The van der Waals surface area contributed by atoms with E-state index < -0.39 is 52.9 Å². The molecule has 0 saturated carbocycles. The Morgan fingerprint density at radius 3 is 2.05 bits per heavy atom. The van der Waals surface area contributed by atoms with Crippen LogP contribution < -0.4 is 4.90 Å². The minimum Gasteiger partial charge on any atom is -0.462 e. The van der Waals surface area contributed by atoms with E-state index in [2.05, 4.69) is 0 Å². The number of ketones is 2. The molecular weight excluding hydrogens is 486 g/mol. The van der Waals surface area contributed by atoms with Crippen LogP contribution in [0.5, 0.6) is 0 Å². The van der Waals surface area contributed by atoms with E-state index >= 15 is 0 Å². The number of imide groups is 1. The number of aryl methyl sites for hydroxylation is 1. The zero-order valence-electron chi connectivity index (χ0n) is 20.7. The molecule has 2 fully saturated rings. The number of ether oxygens (including phenoxy) is 2. The highest BCUT2D eigenvalue weighted by atomic mass is 16.5. The van der Waals surface area contributed by atoms with E-state index in [1.807, 2.05) is 6.92 Å². The first kappa shape index (κ1) is 23.9. The van der Waals surface area contributed by atoms with Crippen LogP contribution in [0.4, 0.5) is 5.69 Å². The molecule has 190 valence electrons. The van der Waals surface area contributed by atoms with Crippen molar-refractivity contribution in [2.45, 2.75) is 25.6 Å². The lowest BCUT2D eigenvalue weighted by atomic mass is 9.77. The highest BCUT2D eigenvalue weighted by Gasteiger charge is 2.74. The summed E-state index contributed by atoms with van der Waals surface area (Å²) in [6.45, 7) is 3.81. The van der Waals surface area contributed by atoms with E-state index in [0.717, 1.165) is 10.5 Å². The molecule has 3 atom stereocenters. The molecule has 1 spiro atoms. The minimum atomic E-state index is -2.15. The first-order valence-corrected chi connectivity index (χ1v) is 12.4. The summed E-state index contributed by atoms with van der Waals surface area (Å²) in [7, 11) is 0. The molecule has 2 saturated heterocycles. The molecule has 2 heterocycles. The van der Waals surface area contributed by atoms with Crippen LogP contribution >= 0.6 is 0 Å². The summed E-state index contributed by atoms with van der Waals surface area (Å²) in [5.74, 6) is -5.38. The van der Waals surface area contributed by atoms with Gasteiger partial charge in [0.2, 0.25) is 29.0 Å². The van der Waals surface area contributed by atoms with Crippen LogP contribution in [0.15, 0.2) is 72.8 Å². The number of carbonyl (C=O) groups is 5. The Labute approximate surface area is 218 Å². The van der Waals surface area contributed by atoms with Gasteiger partial charge in [-0.25, -0.2) is 9.69 Å². The first-order valence-electron chi connectivity index (χ1n) is 12.4. The summed E-state index contributed by atoms with van der Waals surface area (Å²) in [5.41, 5.74) is 0.271. The highest BCUT2D eigenvalue weighted by Crippen LogP contribution is 2.57. The van der Waals surface area contributed by atoms with Crippen molar-refractivity contribution in [1.82, 2.24) is 0 Å². The molecule has 8 heteroatoms. The molecule has 0 N–H and O–H groups in total. The van der Waals surface area contributed by atoms with Crippen LogP contribution in [-0.4, -0.2) is 41.6 Å². The van der Waals surface area contributed by atoms with Gasteiger partial charge in [-0.05, 0) is 43.7 Å². The van der Waals surface area contributed by atoms with Gasteiger partial charge in [-0.3, -0.25) is 19.2 Å². The SMILES string of the molecule is CCOC(=O)c1ccc([C@H]2OC3(C(=O)c4ccccc4C3=O)[C@H]3C(=O)N(c4ccc(C)cc4)C(=O)[C@H]23)cc1. The molecular formula is C30H23NO7. The van der Waals surface area contributed by atoms with E-state index in [0.29, 0.717) is 16.8 Å². The number of anilines is 1. The van der Waals surface area contributed by atoms with Crippen molar-refractivity contribution in [3.63, 3.8) is 0 Å². The molecule has 1 aliphatic carbocycles. The van der Waals surface area contributed by atoms with Gasteiger partial charge in [-0.2, -0.15) is 0 Å². The Morgan fingerprint density at radius 1 is 0.868 bits per heavy atom. The number of carbonyl (C=O) groups excluding carboxylic acids is 5. The zero-order valence-corrected chi connectivity index (χ0v) is 20.7. The molecule has 38 heavy (non-hydrogen) atoms. The smallest absolute Gasteiger partial charge is 0.338 e. The summed E-state index contributed by atoms with van der Waals surface area (Å²) in [4.78, 5) is 68.7. The lowest BCUT2D eigenvalue weighted by molar-refractivity contribution is -0.127. The Bertz CT molecular complexity index is 1490. The third kappa shape index (κ3) is 3.16. The molecule has 3 aromatic carbocycles. The molecule has 0 radical (unpaired) electrons. The molecule has 2 aliphatic heterocycles. The van der Waals surface area contributed by atoms with Crippen LogP contribution in [-0.2, 0) is 19.1 Å². The van der Waals surface area contributed by atoms with Crippen molar-refractivity contribution < 1.29 is 33.4 Å². The lowest BCUT2D eigenvalue weighted by Crippen LogP contribution is -2.51. The van der Waals surface area contributed by atoms with Gasteiger partial charge in [0, 0.05) is 11.1 Å². The van der Waals surface area contributed by atoms with Crippen molar-refractivity contribution >= 4 is 35.0 Å². The Kier molecular flexibility index (Phi) is 5.39. The Balaban J connectivity index is 1.48. The average Bonchev–Trinajstić information content (AvgIpc) is 3.49. The van der Waals surface area contributed by atoms with Crippen molar-refractivity contribution in [3.8, 4) is 0 Å². The van der Waals surface area contributed by atoms with Crippen LogP contribution in [0.3, 0.4) is 0 Å². The number of Topliss-reactive ketones (excluding diaryl/α,β-unsaturated/α-hetero) is 2. The number of hydrogen-bond acceptors (Lipinski definition) is 7. The molecule has 3 aromatic rings. The maximum Gasteiger partial charge on any atom is 0.338 e. The second-order valence-electron chi connectivity index (χ2n) is 9.67. The van der Waals surface area contributed by atoms with Gasteiger partial charge < -0.3 is 9.47 Å². The molecule has 2 amide bonds. The highest BCUT2D eigenvalue weighted by molar-refractivity contribution is 6.37.